The maximum Gasteiger partial charge on any atom is 0.354 e. The number of carboxylic acids is 1. The fourth-order valence-corrected chi connectivity index (χ4v) is 6.37. The number of Topliss-reactive ketones (excluding diaryl/α,β-unsaturated/α-hetero) is 1. The summed E-state index contributed by atoms with van der Waals surface area (Å²) in [5.41, 5.74) is 3.27. The number of rotatable bonds is 5. The number of hydrogen-bond donors (Lipinski definition) is 1. The molecular weight excluding hydrogens is 496 g/mol. The summed E-state index contributed by atoms with van der Waals surface area (Å²) < 4.78 is 12.4. The van der Waals surface area contributed by atoms with Gasteiger partial charge in [-0.05, 0) is 48.1 Å². The highest BCUT2D eigenvalue weighted by Gasteiger charge is 2.52. The molecule has 8 heteroatoms. The maximum absolute atomic E-state index is 13.9. The van der Waals surface area contributed by atoms with Gasteiger partial charge in [-0.15, -0.1) is 0 Å². The molecule has 1 aliphatic carbocycles. The topological polar surface area (TPSA) is 106 Å². The van der Waals surface area contributed by atoms with Gasteiger partial charge < -0.3 is 19.5 Å². The normalized spacial score (nSPS) is 22.2. The predicted octanol–water partition coefficient (Wildman–Crippen LogP) is 5.27. The summed E-state index contributed by atoms with van der Waals surface area (Å²) in [6, 6.07) is 8.22. The molecule has 1 aromatic carbocycles. The number of methoxy groups -OCH3 is 1. The average Bonchev–Trinajstić information content (AvgIpc) is 3.11. The summed E-state index contributed by atoms with van der Waals surface area (Å²) in [7, 11) is 3.34. The SMILES string of the molecule is COc1ccc(-c2cccc(C(=O)O)n2)c(C)c1[C@H]1C2=C(CC(C)(C)CC2=O)OC2=C1C(=O)N(C)[C@@H]2C(C)C. The molecular formula is C31H34N2O6. The van der Waals surface area contributed by atoms with Gasteiger partial charge in [-0.2, -0.15) is 0 Å². The Bertz CT molecular complexity index is 1480. The van der Waals surface area contributed by atoms with Gasteiger partial charge in [-0.3, -0.25) is 9.59 Å². The summed E-state index contributed by atoms with van der Waals surface area (Å²) in [5.74, 6) is -0.155. The number of likely N-dealkylation sites (N-methyl/N-ethyl adjacent to an activating group) is 1. The minimum Gasteiger partial charge on any atom is -0.496 e. The third kappa shape index (κ3) is 4.22. The minimum atomic E-state index is -1.12. The van der Waals surface area contributed by atoms with Crippen LogP contribution in [0.3, 0.4) is 0 Å². The first-order valence-corrected chi connectivity index (χ1v) is 13.2. The summed E-state index contributed by atoms with van der Waals surface area (Å²) in [4.78, 5) is 45.4. The van der Waals surface area contributed by atoms with Crippen LogP contribution in [0.4, 0.5) is 0 Å². The number of pyridine rings is 1. The molecule has 3 heterocycles. The lowest BCUT2D eigenvalue weighted by atomic mass is 9.68. The Morgan fingerprint density at radius 3 is 2.51 bits per heavy atom. The molecule has 8 nitrogen and oxygen atoms in total. The van der Waals surface area contributed by atoms with E-state index in [0.717, 1.165) is 5.56 Å². The van der Waals surface area contributed by atoms with E-state index in [9.17, 15) is 19.5 Å². The van der Waals surface area contributed by atoms with E-state index >= 15 is 0 Å². The van der Waals surface area contributed by atoms with Crippen molar-refractivity contribution in [2.24, 2.45) is 11.3 Å². The number of aromatic nitrogens is 1. The smallest absolute Gasteiger partial charge is 0.354 e. The third-order valence-corrected chi connectivity index (χ3v) is 8.05. The second-order valence-electron chi connectivity index (χ2n) is 11.8. The van der Waals surface area contributed by atoms with Gasteiger partial charge in [-0.1, -0.05) is 33.8 Å². The first-order valence-electron chi connectivity index (χ1n) is 13.2. The van der Waals surface area contributed by atoms with E-state index in [0.29, 0.717) is 58.1 Å². The minimum absolute atomic E-state index is 0.0425. The molecule has 0 unspecified atom stereocenters. The molecule has 204 valence electrons. The molecule has 39 heavy (non-hydrogen) atoms. The van der Waals surface area contributed by atoms with Crippen molar-refractivity contribution in [3.05, 3.63) is 69.8 Å². The molecule has 1 amide bonds. The van der Waals surface area contributed by atoms with Gasteiger partial charge in [0.05, 0.1) is 30.3 Å². The van der Waals surface area contributed by atoms with Crippen LogP contribution in [0.15, 0.2) is 53.0 Å². The van der Waals surface area contributed by atoms with Gasteiger partial charge in [0, 0.05) is 36.6 Å². The van der Waals surface area contributed by atoms with Gasteiger partial charge >= 0.3 is 5.97 Å². The van der Waals surface area contributed by atoms with Gasteiger partial charge in [0.25, 0.3) is 5.91 Å². The van der Waals surface area contributed by atoms with Crippen molar-refractivity contribution in [2.45, 2.75) is 59.4 Å². The lowest BCUT2D eigenvalue weighted by Crippen LogP contribution is -2.36. The van der Waals surface area contributed by atoms with E-state index < -0.39 is 11.9 Å². The zero-order chi connectivity index (χ0) is 28.4. The molecule has 0 radical (unpaired) electrons. The van der Waals surface area contributed by atoms with E-state index in [1.807, 2.05) is 13.0 Å². The number of benzene rings is 1. The molecule has 1 aromatic heterocycles. The van der Waals surface area contributed by atoms with Crippen LogP contribution in [-0.2, 0) is 14.3 Å². The fraction of sp³-hybridized carbons (Fsp3) is 0.419. The van der Waals surface area contributed by atoms with E-state index in [4.69, 9.17) is 9.47 Å². The standard InChI is InChI=1S/C31H34N2O6/c1-15(2)27-28-26(29(35)33(27)6)25(24-20(34)13-31(4,5)14-22(24)39-28)23-16(3)17(11-12-21(23)38-7)18-9-8-10-19(32-18)30(36)37/h8-12,15,25,27H,13-14H2,1-7H3,(H,36,37)/t25-,27+/m0/s1. The molecule has 2 atom stereocenters. The van der Waals surface area contributed by atoms with Crippen molar-refractivity contribution in [3.63, 3.8) is 0 Å². The largest absolute Gasteiger partial charge is 0.496 e. The van der Waals surface area contributed by atoms with Gasteiger partial charge in [-0.25, -0.2) is 9.78 Å². The molecule has 0 fully saturated rings. The van der Waals surface area contributed by atoms with E-state index in [-0.39, 0.29) is 34.8 Å². The Labute approximate surface area is 228 Å². The molecule has 1 N–H and O–H groups in total. The number of carboxylic acid groups (broad SMARTS) is 1. The van der Waals surface area contributed by atoms with Crippen LogP contribution in [0.5, 0.6) is 5.75 Å². The van der Waals surface area contributed by atoms with Gasteiger partial charge in [0.1, 0.15) is 23.0 Å². The van der Waals surface area contributed by atoms with Crippen molar-refractivity contribution in [2.75, 3.05) is 14.2 Å². The van der Waals surface area contributed by atoms with Gasteiger partial charge in [0.2, 0.25) is 0 Å². The number of ketones is 1. The quantitative estimate of drug-likeness (QED) is 0.561. The molecule has 5 rings (SSSR count). The number of ether oxygens (including phenoxy) is 2. The second-order valence-corrected chi connectivity index (χ2v) is 11.8. The Morgan fingerprint density at radius 2 is 1.87 bits per heavy atom. The third-order valence-electron chi connectivity index (χ3n) is 8.05. The van der Waals surface area contributed by atoms with Crippen molar-refractivity contribution >= 4 is 17.7 Å². The molecule has 2 aliphatic heterocycles. The average molecular weight is 531 g/mol. The van der Waals surface area contributed by atoms with Crippen LogP contribution in [0.2, 0.25) is 0 Å². The lowest BCUT2D eigenvalue weighted by molar-refractivity contribution is -0.126. The molecule has 2 aromatic rings. The lowest BCUT2D eigenvalue weighted by Gasteiger charge is -2.39. The summed E-state index contributed by atoms with van der Waals surface area (Å²) in [6.07, 6.45) is 0.919. The van der Waals surface area contributed by atoms with Crippen molar-refractivity contribution in [1.29, 1.82) is 0 Å². The van der Waals surface area contributed by atoms with Crippen molar-refractivity contribution in [3.8, 4) is 17.0 Å². The predicted molar refractivity (Wildman–Crippen MR) is 145 cm³/mol. The summed E-state index contributed by atoms with van der Waals surface area (Å²) >= 11 is 0. The molecule has 3 aliphatic rings. The zero-order valence-corrected chi connectivity index (χ0v) is 23.4. The summed E-state index contributed by atoms with van der Waals surface area (Å²) in [6.45, 7) is 10.1. The van der Waals surface area contributed by atoms with Crippen LogP contribution >= 0.6 is 0 Å². The van der Waals surface area contributed by atoms with E-state index in [2.05, 4.69) is 32.7 Å². The van der Waals surface area contributed by atoms with Crippen molar-refractivity contribution < 1.29 is 29.0 Å². The number of amides is 1. The number of carbonyl (C=O) groups excluding carboxylic acids is 2. The Kier molecular flexibility index (Phi) is 6.40. The fourth-order valence-electron chi connectivity index (χ4n) is 6.37. The van der Waals surface area contributed by atoms with E-state index in [1.54, 1.807) is 37.3 Å². The first-order chi connectivity index (χ1) is 18.4. The van der Waals surface area contributed by atoms with E-state index in [1.165, 1.54) is 6.07 Å². The van der Waals surface area contributed by atoms with Crippen LogP contribution in [-0.4, -0.2) is 52.8 Å². The Balaban J connectivity index is 1.80. The summed E-state index contributed by atoms with van der Waals surface area (Å²) in [5, 5.41) is 9.51. The number of aromatic carboxylic acids is 1. The van der Waals surface area contributed by atoms with Crippen LogP contribution < -0.4 is 4.74 Å². The highest BCUT2D eigenvalue weighted by molar-refractivity contribution is 6.07. The second kappa shape index (κ2) is 9.36. The molecule has 0 saturated heterocycles. The van der Waals surface area contributed by atoms with Gasteiger partial charge in [0.15, 0.2) is 5.78 Å². The Hall–Kier alpha value is -3.94. The zero-order valence-electron chi connectivity index (χ0n) is 23.4. The van der Waals surface area contributed by atoms with Crippen LogP contribution in [0.1, 0.15) is 68.1 Å². The van der Waals surface area contributed by atoms with Crippen LogP contribution in [0, 0.1) is 18.3 Å². The maximum atomic E-state index is 13.9. The molecule has 0 bridgehead atoms. The number of allylic oxidation sites excluding steroid dienone is 2. The Morgan fingerprint density at radius 1 is 1.15 bits per heavy atom. The van der Waals surface area contributed by atoms with Crippen molar-refractivity contribution in [1.82, 2.24) is 9.88 Å². The number of hydrogen-bond acceptors (Lipinski definition) is 6. The highest BCUT2D eigenvalue weighted by atomic mass is 16.5. The molecule has 0 spiro atoms. The van der Waals surface area contributed by atoms with Crippen LogP contribution in [0.25, 0.3) is 11.3 Å². The molecule has 0 saturated carbocycles. The monoisotopic (exact) mass is 530 g/mol. The number of carbonyl (C=O) groups is 3. The number of nitrogens with zero attached hydrogens (tertiary/aromatic N) is 2. The first kappa shape index (κ1) is 26.7. The highest BCUT2D eigenvalue weighted by Crippen LogP contribution is 2.55.